The van der Waals surface area contributed by atoms with Crippen LogP contribution in [0.25, 0.3) is 0 Å². The maximum Gasteiger partial charge on any atom is 0.251 e. The number of rotatable bonds is 4. The van der Waals surface area contributed by atoms with Crippen molar-refractivity contribution in [1.82, 2.24) is 15.1 Å². The summed E-state index contributed by atoms with van der Waals surface area (Å²) in [6, 6.07) is 3.34. The molecule has 0 fully saturated rings. The normalized spacial score (nSPS) is 12.2. The molecule has 1 unspecified atom stereocenters. The van der Waals surface area contributed by atoms with Gasteiger partial charge in [0.1, 0.15) is 17.3 Å². The van der Waals surface area contributed by atoms with Gasteiger partial charge < -0.3 is 11.1 Å². The summed E-state index contributed by atoms with van der Waals surface area (Å²) < 4.78 is 28.2. The van der Waals surface area contributed by atoms with Crippen LogP contribution in [-0.2, 0) is 6.54 Å². The van der Waals surface area contributed by atoms with Crippen molar-refractivity contribution in [3.05, 3.63) is 47.8 Å². The lowest BCUT2D eigenvalue weighted by Gasteiger charge is -2.14. The SMILES string of the molecule is CC(Cn1cccn1)NC(=O)c1cc(F)c(N)c(F)c1. The third-order valence-corrected chi connectivity index (χ3v) is 2.74. The maximum atomic E-state index is 13.3. The third-order valence-electron chi connectivity index (χ3n) is 2.74. The average molecular weight is 280 g/mol. The summed E-state index contributed by atoms with van der Waals surface area (Å²) in [5.41, 5.74) is 4.45. The van der Waals surface area contributed by atoms with Crippen molar-refractivity contribution < 1.29 is 13.6 Å². The Morgan fingerprint density at radius 3 is 2.65 bits per heavy atom. The number of carbonyl (C=O) groups excluding carboxylic acids is 1. The van der Waals surface area contributed by atoms with Crippen LogP contribution in [0.5, 0.6) is 0 Å². The Labute approximate surface area is 114 Å². The van der Waals surface area contributed by atoms with Gasteiger partial charge in [-0.15, -0.1) is 0 Å². The number of nitrogens with one attached hydrogen (secondary N) is 1. The van der Waals surface area contributed by atoms with E-state index < -0.39 is 23.2 Å². The van der Waals surface area contributed by atoms with E-state index in [9.17, 15) is 13.6 Å². The topological polar surface area (TPSA) is 72.9 Å². The molecule has 0 radical (unpaired) electrons. The molecule has 0 bridgehead atoms. The van der Waals surface area contributed by atoms with Gasteiger partial charge in [0.2, 0.25) is 0 Å². The highest BCUT2D eigenvalue weighted by Crippen LogP contribution is 2.17. The van der Waals surface area contributed by atoms with Gasteiger partial charge in [0, 0.05) is 24.0 Å². The molecule has 3 N–H and O–H groups in total. The van der Waals surface area contributed by atoms with Crippen LogP contribution in [0.3, 0.4) is 0 Å². The Kier molecular flexibility index (Phi) is 3.97. The van der Waals surface area contributed by atoms with Crippen LogP contribution in [0.15, 0.2) is 30.6 Å². The van der Waals surface area contributed by atoms with E-state index in [1.807, 2.05) is 0 Å². The average Bonchev–Trinajstić information content (AvgIpc) is 2.87. The van der Waals surface area contributed by atoms with Crippen molar-refractivity contribution in [1.29, 1.82) is 0 Å². The van der Waals surface area contributed by atoms with Crippen LogP contribution >= 0.6 is 0 Å². The van der Waals surface area contributed by atoms with Gasteiger partial charge in [-0.3, -0.25) is 9.48 Å². The maximum absolute atomic E-state index is 13.3. The largest absolute Gasteiger partial charge is 0.394 e. The zero-order chi connectivity index (χ0) is 14.7. The molecule has 0 aliphatic carbocycles. The fraction of sp³-hybridized carbons (Fsp3) is 0.231. The van der Waals surface area contributed by atoms with Crippen LogP contribution in [0, 0.1) is 11.6 Å². The summed E-state index contributed by atoms with van der Waals surface area (Å²) in [5, 5.41) is 6.64. The molecule has 1 atom stereocenters. The van der Waals surface area contributed by atoms with E-state index in [0.717, 1.165) is 12.1 Å². The van der Waals surface area contributed by atoms with Gasteiger partial charge in [0.15, 0.2) is 0 Å². The standard InChI is InChI=1S/C13H14F2N4O/c1-8(7-19-4-2-3-17-19)18-13(20)9-5-10(14)12(16)11(15)6-9/h2-6,8H,7,16H2,1H3,(H,18,20). The second-order valence-electron chi connectivity index (χ2n) is 4.46. The van der Waals surface area contributed by atoms with E-state index >= 15 is 0 Å². The first-order chi connectivity index (χ1) is 9.47. The Morgan fingerprint density at radius 2 is 2.10 bits per heavy atom. The van der Waals surface area contributed by atoms with Crippen LogP contribution < -0.4 is 11.1 Å². The number of amides is 1. The van der Waals surface area contributed by atoms with Crippen molar-refractivity contribution in [2.45, 2.75) is 19.5 Å². The molecule has 1 aromatic carbocycles. The number of nitrogen functional groups attached to an aromatic ring is 1. The first-order valence-corrected chi connectivity index (χ1v) is 6.00. The number of halogens is 2. The first-order valence-electron chi connectivity index (χ1n) is 6.00. The first kappa shape index (κ1) is 14.0. The number of anilines is 1. The molecule has 0 spiro atoms. The van der Waals surface area contributed by atoms with E-state index in [1.165, 1.54) is 0 Å². The number of nitrogens with zero attached hydrogens (tertiary/aromatic N) is 2. The molecule has 7 heteroatoms. The molecule has 20 heavy (non-hydrogen) atoms. The second kappa shape index (κ2) is 5.68. The highest BCUT2D eigenvalue weighted by atomic mass is 19.1. The molecular weight excluding hydrogens is 266 g/mol. The molecule has 5 nitrogen and oxygen atoms in total. The van der Waals surface area contributed by atoms with Crippen molar-refractivity contribution in [3.63, 3.8) is 0 Å². The number of nitrogens with two attached hydrogens (primary N) is 1. The second-order valence-corrected chi connectivity index (χ2v) is 4.46. The van der Waals surface area contributed by atoms with E-state index in [0.29, 0.717) is 6.54 Å². The zero-order valence-corrected chi connectivity index (χ0v) is 10.8. The molecule has 106 valence electrons. The predicted molar refractivity (Wildman–Crippen MR) is 69.9 cm³/mol. The molecule has 0 saturated carbocycles. The van der Waals surface area contributed by atoms with Gasteiger partial charge in [-0.1, -0.05) is 0 Å². The monoisotopic (exact) mass is 280 g/mol. The molecule has 2 rings (SSSR count). The van der Waals surface area contributed by atoms with Gasteiger partial charge in [-0.25, -0.2) is 8.78 Å². The predicted octanol–water partition coefficient (Wildman–Crippen LogP) is 1.56. The summed E-state index contributed by atoms with van der Waals surface area (Å²) in [5.74, 6) is -2.47. The Hall–Kier alpha value is -2.44. The minimum atomic E-state index is -0.949. The van der Waals surface area contributed by atoms with Crippen molar-refractivity contribution in [2.75, 3.05) is 5.73 Å². The minimum absolute atomic E-state index is 0.110. The third kappa shape index (κ3) is 3.11. The summed E-state index contributed by atoms with van der Waals surface area (Å²) in [6.45, 7) is 2.22. The Balaban J connectivity index is 2.04. The van der Waals surface area contributed by atoms with E-state index in [4.69, 9.17) is 5.73 Å². The van der Waals surface area contributed by atoms with Crippen molar-refractivity contribution in [3.8, 4) is 0 Å². The molecular formula is C13H14F2N4O. The highest BCUT2D eigenvalue weighted by Gasteiger charge is 2.15. The number of hydrogen-bond acceptors (Lipinski definition) is 3. The van der Waals surface area contributed by atoms with Gasteiger partial charge in [0.25, 0.3) is 5.91 Å². The molecule has 1 aromatic heterocycles. The minimum Gasteiger partial charge on any atom is -0.394 e. The lowest BCUT2D eigenvalue weighted by molar-refractivity contribution is 0.0935. The zero-order valence-electron chi connectivity index (χ0n) is 10.8. The molecule has 2 aromatic rings. The fourth-order valence-corrected chi connectivity index (χ4v) is 1.76. The van der Waals surface area contributed by atoms with Crippen molar-refractivity contribution in [2.24, 2.45) is 0 Å². The number of hydrogen-bond donors (Lipinski definition) is 2. The summed E-state index contributed by atoms with van der Waals surface area (Å²) >= 11 is 0. The summed E-state index contributed by atoms with van der Waals surface area (Å²) in [7, 11) is 0. The molecule has 0 saturated heterocycles. The molecule has 1 amide bonds. The molecule has 0 aliphatic heterocycles. The summed E-state index contributed by atoms with van der Waals surface area (Å²) in [4.78, 5) is 11.9. The van der Waals surface area contributed by atoms with Crippen LogP contribution in [0.2, 0.25) is 0 Å². The van der Waals surface area contributed by atoms with Crippen LogP contribution in [0.1, 0.15) is 17.3 Å². The van der Waals surface area contributed by atoms with Crippen molar-refractivity contribution >= 4 is 11.6 Å². The van der Waals surface area contributed by atoms with E-state index in [2.05, 4.69) is 10.4 Å². The number of benzene rings is 1. The van der Waals surface area contributed by atoms with Gasteiger partial charge in [-0.05, 0) is 25.1 Å². The lowest BCUT2D eigenvalue weighted by Crippen LogP contribution is -2.35. The number of carbonyl (C=O) groups is 1. The quantitative estimate of drug-likeness (QED) is 0.835. The van der Waals surface area contributed by atoms with E-state index in [1.54, 1.807) is 30.1 Å². The van der Waals surface area contributed by atoms with Crippen LogP contribution in [-0.4, -0.2) is 21.7 Å². The lowest BCUT2D eigenvalue weighted by atomic mass is 10.1. The number of aromatic nitrogens is 2. The van der Waals surface area contributed by atoms with Gasteiger partial charge in [0.05, 0.1) is 6.54 Å². The van der Waals surface area contributed by atoms with Crippen LogP contribution in [0.4, 0.5) is 14.5 Å². The molecule has 0 aliphatic rings. The summed E-state index contributed by atoms with van der Waals surface area (Å²) in [6.07, 6.45) is 3.38. The van der Waals surface area contributed by atoms with Gasteiger partial charge in [-0.2, -0.15) is 5.10 Å². The smallest absolute Gasteiger partial charge is 0.251 e. The Bertz CT molecular complexity index is 590. The molecule has 1 heterocycles. The Morgan fingerprint density at radius 1 is 1.45 bits per heavy atom. The van der Waals surface area contributed by atoms with Gasteiger partial charge >= 0.3 is 0 Å². The van der Waals surface area contributed by atoms with E-state index in [-0.39, 0.29) is 11.6 Å². The fourth-order valence-electron chi connectivity index (χ4n) is 1.76. The highest BCUT2D eigenvalue weighted by molar-refractivity contribution is 5.94.